The maximum atomic E-state index is 11.6. The number of ether oxygens (including phenoxy) is 1. The first-order chi connectivity index (χ1) is 8.15. The molecule has 0 radical (unpaired) electrons. The molecule has 0 aromatic heterocycles. The number of hydrogen-bond acceptors (Lipinski definition) is 4. The number of carbonyl (C=O) groups excluding carboxylic acids is 1. The number of benzene rings is 1. The zero-order valence-corrected chi connectivity index (χ0v) is 9.72. The van der Waals surface area contributed by atoms with Crippen molar-refractivity contribution in [1.29, 1.82) is 0 Å². The van der Waals surface area contributed by atoms with Crippen LogP contribution in [0.3, 0.4) is 0 Å². The van der Waals surface area contributed by atoms with Crippen molar-refractivity contribution in [2.75, 3.05) is 20.3 Å². The molecule has 3 N–H and O–H groups in total. The van der Waals surface area contributed by atoms with E-state index < -0.39 is 6.04 Å². The molecule has 1 aromatic rings. The topological polar surface area (TPSA) is 78.8 Å². The van der Waals surface area contributed by atoms with Crippen LogP contribution in [0.25, 0.3) is 0 Å². The number of phenolic OH excluding ortho intramolecular Hbond substituents is 1. The first kappa shape index (κ1) is 13.5. The fraction of sp³-hybridized carbons (Fsp3) is 0.417. The molecule has 0 saturated carbocycles. The summed E-state index contributed by atoms with van der Waals surface area (Å²) in [7, 11) is 1.50. The molecule has 0 fully saturated rings. The van der Waals surface area contributed by atoms with Crippen molar-refractivity contribution in [2.24, 2.45) is 0 Å². The van der Waals surface area contributed by atoms with Gasteiger partial charge >= 0.3 is 0 Å². The van der Waals surface area contributed by atoms with Crippen molar-refractivity contribution >= 4 is 5.91 Å². The highest BCUT2D eigenvalue weighted by Gasteiger charge is 2.11. The molecule has 1 unspecified atom stereocenters. The van der Waals surface area contributed by atoms with E-state index >= 15 is 0 Å². The van der Waals surface area contributed by atoms with E-state index in [0.29, 0.717) is 0 Å². The Balaban J connectivity index is 2.49. The second kappa shape index (κ2) is 6.88. The number of carbonyl (C=O) groups is 1. The number of nitrogens with one attached hydrogen (secondary N) is 1. The molecular formula is C12H17NO4. The van der Waals surface area contributed by atoms with Crippen molar-refractivity contribution < 1.29 is 19.7 Å². The normalized spacial score (nSPS) is 12.1. The first-order valence-electron chi connectivity index (χ1n) is 5.32. The van der Waals surface area contributed by atoms with Crippen LogP contribution in [0.2, 0.25) is 0 Å². The standard InChI is InChI=1S/C12H17NO4/c1-17-8-10(7-14)13-12(16)6-9-3-2-4-11(15)5-9/h2-5,10,14-15H,6-8H2,1H3,(H,13,16). The van der Waals surface area contributed by atoms with E-state index in [1.54, 1.807) is 18.2 Å². The second-order valence-corrected chi connectivity index (χ2v) is 3.75. The van der Waals surface area contributed by atoms with Gasteiger partial charge in [-0.3, -0.25) is 4.79 Å². The van der Waals surface area contributed by atoms with Gasteiger partial charge in [-0.1, -0.05) is 12.1 Å². The SMILES string of the molecule is COCC(CO)NC(=O)Cc1cccc(O)c1. The Hall–Kier alpha value is -1.59. The van der Waals surface area contributed by atoms with Crippen molar-refractivity contribution in [3.05, 3.63) is 29.8 Å². The average Bonchev–Trinajstić information content (AvgIpc) is 2.28. The first-order valence-corrected chi connectivity index (χ1v) is 5.32. The Morgan fingerprint density at radius 3 is 2.88 bits per heavy atom. The summed E-state index contributed by atoms with van der Waals surface area (Å²) in [6.45, 7) is 0.0991. The van der Waals surface area contributed by atoms with E-state index in [2.05, 4.69) is 5.32 Å². The van der Waals surface area contributed by atoms with Gasteiger partial charge in [0.25, 0.3) is 0 Å². The molecule has 0 aliphatic carbocycles. The van der Waals surface area contributed by atoms with Crippen LogP contribution in [0.1, 0.15) is 5.56 Å². The maximum absolute atomic E-state index is 11.6. The molecule has 5 nitrogen and oxygen atoms in total. The lowest BCUT2D eigenvalue weighted by Gasteiger charge is -2.15. The molecule has 0 aliphatic rings. The van der Waals surface area contributed by atoms with Gasteiger partial charge in [-0.25, -0.2) is 0 Å². The highest BCUT2D eigenvalue weighted by molar-refractivity contribution is 5.79. The summed E-state index contributed by atoms with van der Waals surface area (Å²) in [6.07, 6.45) is 0.161. The van der Waals surface area contributed by atoms with Crippen LogP contribution in [0.5, 0.6) is 5.75 Å². The predicted octanol–water partition coefficient (Wildman–Crippen LogP) is 0.0582. The number of amides is 1. The Morgan fingerprint density at radius 1 is 1.53 bits per heavy atom. The van der Waals surface area contributed by atoms with Gasteiger partial charge in [0.2, 0.25) is 5.91 Å². The van der Waals surface area contributed by atoms with Crippen LogP contribution in [0.4, 0.5) is 0 Å². The third-order valence-electron chi connectivity index (χ3n) is 2.23. The summed E-state index contributed by atoms with van der Waals surface area (Å²) >= 11 is 0. The van der Waals surface area contributed by atoms with Gasteiger partial charge in [0.1, 0.15) is 5.75 Å². The second-order valence-electron chi connectivity index (χ2n) is 3.75. The largest absolute Gasteiger partial charge is 0.508 e. The lowest BCUT2D eigenvalue weighted by atomic mass is 10.1. The van der Waals surface area contributed by atoms with Gasteiger partial charge in [0.05, 0.1) is 25.7 Å². The van der Waals surface area contributed by atoms with Gasteiger partial charge in [0, 0.05) is 7.11 Å². The molecule has 94 valence electrons. The quantitative estimate of drug-likeness (QED) is 0.656. The summed E-state index contributed by atoms with van der Waals surface area (Å²) < 4.78 is 4.85. The maximum Gasteiger partial charge on any atom is 0.224 e. The van der Waals surface area contributed by atoms with E-state index in [1.165, 1.54) is 13.2 Å². The summed E-state index contributed by atoms with van der Waals surface area (Å²) in [4.78, 5) is 11.6. The summed E-state index contributed by atoms with van der Waals surface area (Å²) in [5.41, 5.74) is 0.719. The molecule has 0 spiro atoms. The van der Waals surface area contributed by atoms with E-state index in [4.69, 9.17) is 9.84 Å². The van der Waals surface area contributed by atoms with Gasteiger partial charge in [-0.05, 0) is 17.7 Å². The lowest BCUT2D eigenvalue weighted by Crippen LogP contribution is -2.41. The monoisotopic (exact) mass is 239 g/mol. The van der Waals surface area contributed by atoms with Crippen LogP contribution < -0.4 is 5.32 Å². The third-order valence-corrected chi connectivity index (χ3v) is 2.23. The van der Waals surface area contributed by atoms with Crippen LogP contribution in [0, 0.1) is 0 Å². The summed E-state index contributed by atoms with van der Waals surface area (Å²) in [6, 6.07) is 6.11. The van der Waals surface area contributed by atoms with Crippen LogP contribution in [0.15, 0.2) is 24.3 Å². The molecule has 1 amide bonds. The molecule has 0 heterocycles. The number of methoxy groups -OCH3 is 1. The molecule has 17 heavy (non-hydrogen) atoms. The molecule has 1 rings (SSSR count). The smallest absolute Gasteiger partial charge is 0.224 e. The molecular weight excluding hydrogens is 222 g/mol. The van der Waals surface area contributed by atoms with Crippen LogP contribution in [-0.2, 0) is 16.0 Å². The van der Waals surface area contributed by atoms with Crippen LogP contribution >= 0.6 is 0 Å². The zero-order chi connectivity index (χ0) is 12.7. The molecule has 1 aromatic carbocycles. The van der Waals surface area contributed by atoms with E-state index in [9.17, 15) is 9.90 Å². The number of aliphatic hydroxyl groups excluding tert-OH is 1. The number of hydrogen-bond donors (Lipinski definition) is 3. The van der Waals surface area contributed by atoms with E-state index in [-0.39, 0.29) is 31.3 Å². The minimum Gasteiger partial charge on any atom is -0.508 e. The Morgan fingerprint density at radius 2 is 2.29 bits per heavy atom. The lowest BCUT2D eigenvalue weighted by molar-refractivity contribution is -0.121. The van der Waals surface area contributed by atoms with E-state index in [0.717, 1.165) is 5.56 Å². The number of phenols is 1. The summed E-state index contributed by atoms with van der Waals surface area (Å²) in [5, 5.41) is 20.9. The van der Waals surface area contributed by atoms with Crippen molar-refractivity contribution in [2.45, 2.75) is 12.5 Å². The van der Waals surface area contributed by atoms with Gasteiger partial charge in [-0.15, -0.1) is 0 Å². The van der Waals surface area contributed by atoms with Crippen LogP contribution in [-0.4, -0.2) is 42.5 Å². The van der Waals surface area contributed by atoms with Gasteiger partial charge in [-0.2, -0.15) is 0 Å². The number of rotatable bonds is 6. The number of aromatic hydroxyl groups is 1. The molecule has 5 heteroatoms. The Kier molecular flexibility index (Phi) is 5.45. The molecule has 0 aliphatic heterocycles. The Labute approximate surface area is 100 Å². The fourth-order valence-electron chi connectivity index (χ4n) is 1.47. The third kappa shape index (κ3) is 4.84. The molecule has 0 saturated heterocycles. The van der Waals surface area contributed by atoms with Crippen molar-refractivity contribution in [3.8, 4) is 5.75 Å². The van der Waals surface area contributed by atoms with Crippen molar-refractivity contribution in [1.82, 2.24) is 5.32 Å². The minimum absolute atomic E-state index is 0.130. The minimum atomic E-state index is -0.398. The van der Waals surface area contributed by atoms with E-state index in [1.807, 2.05) is 0 Å². The molecule has 1 atom stereocenters. The summed E-state index contributed by atoms with van der Waals surface area (Å²) in [5.74, 6) is -0.0856. The fourth-order valence-corrected chi connectivity index (χ4v) is 1.47. The van der Waals surface area contributed by atoms with Gasteiger partial charge in [0.15, 0.2) is 0 Å². The average molecular weight is 239 g/mol. The zero-order valence-electron chi connectivity index (χ0n) is 9.72. The highest BCUT2D eigenvalue weighted by atomic mass is 16.5. The Bertz CT molecular complexity index is 367. The predicted molar refractivity (Wildman–Crippen MR) is 62.7 cm³/mol. The molecule has 0 bridgehead atoms. The number of aliphatic hydroxyl groups is 1. The van der Waals surface area contributed by atoms with Gasteiger partial charge < -0.3 is 20.3 Å². The highest BCUT2D eigenvalue weighted by Crippen LogP contribution is 2.11. The van der Waals surface area contributed by atoms with Crippen molar-refractivity contribution in [3.63, 3.8) is 0 Å².